The van der Waals surface area contributed by atoms with Crippen LogP contribution in [0.5, 0.6) is 5.75 Å². The lowest BCUT2D eigenvalue weighted by Crippen LogP contribution is -2.26. The molecular formula is C19H23NO3. The van der Waals surface area contributed by atoms with Gasteiger partial charge in [-0.25, -0.2) is 0 Å². The highest BCUT2D eigenvalue weighted by atomic mass is 16.5. The molecule has 0 spiro atoms. The van der Waals surface area contributed by atoms with Crippen molar-refractivity contribution in [3.8, 4) is 5.75 Å². The molecule has 0 saturated carbocycles. The SMILES string of the molecule is CCOCc1cc(C(=O)N[C@H](C)c2ccccc2)ccc1OC. The number of carbonyl (C=O) groups is 1. The average Bonchev–Trinajstić information content (AvgIpc) is 2.60. The highest BCUT2D eigenvalue weighted by molar-refractivity contribution is 5.94. The molecule has 0 aliphatic carbocycles. The molecule has 1 N–H and O–H groups in total. The van der Waals surface area contributed by atoms with E-state index in [-0.39, 0.29) is 11.9 Å². The number of hydrogen-bond donors (Lipinski definition) is 1. The molecule has 0 radical (unpaired) electrons. The maximum Gasteiger partial charge on any atom is 0.251 e. The normalized spacial score (nSPS) is 11.8. The summed E-state index contributed by atoms with van der Waals surface area (Å²) in [5, 5.41) is 3.01. The first-order chi connectivity index (χ1) is 11.2. The molecule has 0 aliphatic rings. The maximum atomic E-state index is 12.5. The van der Waals surface area contributed by atoms with E-state index < -0.39 is 0 Å². The Morgan fingerprint density at radius 3 is 2.57 bits per heavy atom. The minimum atomic E-state index is -0.109. The second kappa shape index (κ2) is 8.34. The van der Waals surface area contributed by atoms with E-state index in [1.54, 1.807) is 19.2 Å². The molecule has 0 aliphatic heterocycles. The van der Waals surface area contributed by atoms with E-state index in [1.807, 2.05) is 50.2 Å². The van der Waals surface area contributed by atoms with Crippen LogP contribution >= 0.6 is 0 Å². The molecule has 0 bridgehead atoms. The quantitative estimate of drug-likeness (QED) is 0.847. The summed E-state index contributed by atoms with van der Waals surface area (Å²) < 4.78 is 10.8. The third kappa shape index (κ3) is 4.57. The Bertz CT molecular complexity index is 640. The van der Waals surface area contributed by atoms with E-state index in [0.29, 0.717) is 18.8 Å². The lowest BCUT2D eigenvalue weighted by atomic mass is 10.1. The number of rotatable bonds is 7. The van der Waals surface area contributed by atoms with E-state index in [4.69, 9.17) is 9.47 Å². The van der Waals surface area contributed by atoms with Gasteiger partial charge in [-0.1, -0.05) is 30.3 Å². The molecule has 2 aromatic carbocycles. The first-order valence-electron chi connectivity index (χ1n) is 7.76. The van der Waals surface area contributed by atoms with Crippen molar-refractivity contribution in [2.24, 2.45) is 0 Å². The lowest BCUT2D eigenvalue weighted by molar-refractivity contribution is 0.0939. The molecule has 1 amide bonds. The van der Waals surface area contributed by atoms with Crippen molar-refractivity contribution in [1.29, 1.82) is 0 Å². The first kappa shape index (κ1) is 17.0. The predicted molar refractivity (Wildman–Crippen MR) is 90.6 cm³/mol. The number of carbonyl (C=O) groups excluding carboxylic acids is 1. The van der Waals surface area contributed by atoms with Crippen LogP contribution in [-0.2, 0) is 11.3 Å². The first-order valence-corrected chi connectivity index (χ1v) is 7.76. The number of amides is 1. The number of hydrogen-bond acceptors (Lipinski definition) is 3. The average molecular weight is 313 g/mol. The number of ether oxygens (including phenoxy) is 2. The molecule has 0 saturated heterocycles. The second-order valence-electron chi connectivity index (χ2n) is 5.27. The van der Waals surface area contributed by atoms with Crippen molar-refractivity contribution < 1.29 is 14.3 Å². The Hall–Kier alpha value is -2.33. The van der Waals surface area contributed by atoms with Gasteiger partial charge in [-0.15, -0.1) is 0 Å². The van der Waals surface area contributed by atoms with Gasteiger partial charge in [0, 0.05) is 17.7 Å². The van der Waals surface area contributed by atoms with Crippen LogP contribution in [0.25, 0.3) is 0 Å². The zero-order chi connectivity index (χ0) is 16.7. The van der Waals surface area contributed by atoms with Gasteiger partial charge < -0.3 is 14.8 Å². The van der Waals surface area contributed by atoms with Gasteiger partial charge in [0.2, 0.25) is 0 Å². The van der Waals surface area contributed by atoms with E-state index >= 15 is 0 Å². The fraction of sp³-hybridized carbons (Fsp3) is 0.316. The van der Waals surface area contributed by atoms with Gasteiger partial charge >= 0.3 is 0 Å². The smallest absolute Gasteiger partial charge is 0.251 e. The molecule has 0 aromatic heterocycles. The van der Waals surface area contributed by atoms with Crippen molar-refractivity contribution in [1.82, 2.24) is 5.32 Å². The third-order valence-corrected chi connectivity index (χ3v) is 3.65. The zero-order valence-electron chi connectivity index (χ0n) is 13.8. The maximum absolute atomic E-state index is 12.5. The fourth-order valence-electron chi connectivity index (χ4n) is 2.35. The van der Waals surface area contributed by atoms with Crippen molar-refractivity contribution in [3.05, 3.63) is 65.2 Å². The summed E-state index contributed by atoms with van der Waals surface area (Å²) >= 11 is 0. The zero-order valence-corrected chi connectivity index (χ0v) is 13.8. The molecule has 122 valence electrons. The summed E-state index contributed by atoms with van der Waals surface area (Å²) in [5.41, 5.74) is 2.54. The third-order valence-electron chi connectivity index (χ3n) is 3.65. The number of nitrogens with one attached hydrogen (secondary N) is 1. The Balaban J connectivity index is 2.12. The summed E-state index contributed by atoms with van der Waals surface area (Å²) in [4.78, 5) is 12.5. The number of methoxy groups -OCH3 is 1. The standard InChI is InChI=1S/C19H23NO3/c1-4-23-13-17-12-16(10-11-18(17)22-3)19(21)20-14(2)15-8-6-5-7-9-15/h5-12,14H,4,13H2,1-3H3,(H,20,21)/t14-/m1/s1. The summed E-state index contributed by atoms with van der Waals surface area (Å²) in [6, 6.07) is 15.2. The number of benzene rings is 2. The van der Waals surface area contributed by atoms with Crippen LogP contribution in [0.4, 0.5) is 0 Å². The van der Waals surface area contributed by atoms with E-state index in [0.717, 1.165) is 16.9 Å². The molecule has 0 fully saturated rings. The topological polar surface area (TPSA) is 47.6 Å². The molecule has 2 rings (SSSR count). The Morgan fingerprint density at radius 2 is 1.91 bits per heavy atom. The van der Waals surface area contributed by atoms with E-state index in [1.165, 1.54) is 0 Å². The van der Waals surface area contributed by atoms with Crippen LogP contribution in [0.15, 0.2) is 48.5 Å². The predicted octanol–water partition coefficient (Wildman–Crippen LogP) is 3.72. The van der Waals surface area contributed by atoms with Gasteiger partial charge in [0.25, 0.3) is 5.91 Å². The van der Waals surface area contributed by atoms with Gasteiger partial charge in [0.05, 0.1) is 19.8 Å². The summed E-state index contributed by atoms with van der Waals surface area (Å²) in [5.74, 6) is 0.618. The summed E-state index contributed by atoms with van der Waals surface area (Å²) in [7, 11) is 1.61. The molecule has 0 unspecified atom stereocenters. The van der Waals surface area contributed by atoms with Crippen LogP contribution in [0.1, 0.15) is 41.4 Å². The van der Waals surface area contributed by atoms with Crippen LogP contribution in [0.2, 0.25) is 0 Å². The minimum absolute atomic E-state index is 0.0545. The Kier molecular flexibility index (Phi) is 6.18. The van der Waals surface area contributed by atoms with Gasteiger partial charge in [-0.05, 0) is 37.6 Å². The van der Waals surface area contributed by atoms with Crippen LogP contribution in [0, 0.1) is 0 Å². The van der Waals surface area contributed by atoms with Gasteiger partial charge in [0.1, 0.15) is 5.75 Å². The molecule has 0 heterocycles. The summed E-state index contributed by atoms with van der Waals surface area (Å²) in [6.07, 6.45) is 0. The second-order valence-corrected chi connectivity index (χ2v) is 5.27. The van der Waals surface area contributed by atoms with Gasteiger partial charge in [-0.2, -0.15) is 0 Å². The van der Waals surface area contributed by atoms with Crippen LogP contribution < -0.4 is 10.1 Å². The van der Waals surface area contributed by atoms with Crippen molar-refractivity contribution >= 4 is 5.91 Å². The van der Waals surface area contributed by atoms with Crippen LogP contribution in [0.3, 0.4) is 0 Å². The summed E-state index contributed by atoms with van der Waals surface area (Å²) in [6.45, 7) is 4.95. The molecule has 1 atom stereocenters. The molecule has 23 heavy (non-hydrogen) atoms. The highest BCUT2D eigenvalue weighted by Gasteiger charge is 2.13. The van der Waals surface area contributed by atoms with Gasteiger partial charge in [-0.3, -0.25) is 4.79 Å². The van der Waals surface area contributed by atoms with Crippen LogP contribution in [-0.4, -0.2) is 19.6 Å². The minimum Gasteiger partial charge on any atom is -0.496 e. The van der Waals surface area contributed by atoms with E-state index in [9.17, 15) is 4.79 Å². The van der Waals surface area contributed by atoms with Crippen molar-refractivity contribution in [2.75, 3.05) is 13.7 Å². The van der Waals surface area contributed by atoms with Crippen molar-refractivity contribution in [3.63, 3.8) is 0 Å². The van der Waals surface area contributed by atoms with E-state index in [2.05, 4.69) is 5.32 Å². The largest absolute Gasteiger partial charge is 0.496 e. The fourth-order valence-corrected chi connectivity index (χ4v) is 2.35. The molecule has 4 heteroatoms. The van der Waals surface area contributed by atoms with Crippen molar-refractivity contribution in [2.45, 2.75) is 26.5 Å². The molecule has 4 nitrogen and oxygen atoms in total. The van der Waals surface area contributed by atoms with Gasteiger partial charge in [0.15, 0.2) is 0 Å². The molecular weight excluding hydrogens is 290 g/mol. The Labute approximate surface area is 137 Å². The Morgan fingerprint density at radius 1 is 1.17 bits per heavy atom. The molecule has 2 aromatic rings. The monoisotopic (exact) mass is 313 g/mol. The lowest BCUT2D eigenvalue weighted by Gasteiger charge is -2.15. The highest BCUT2D eigenvalue weighted by Crippen LogP contribution is 2.21.